The Labute approximate surface area is 129 Å². The van der Waals surface area contributed by atoms with Gasteiger partial charge in [-0.1, -0.05) is 18.5 Å². The molecule has 0 unspecified atom stereocenters. The normalized spacial score (nSPS) is 11.3. The molecule has 0 aliphatic carbocycles. The minimum Gasteiger partial charge on any atom is -0.399 e. The maximum Gasteiger partial charge on any atom is 0.178 e. The molecule has 0 bridgehead atoms. The van der Waals surface area contributed by atoms with Crippen LogP contribution in [0.5, 0.6) is 0 Å². The molecule has 6 heteroatoms. The van der Waals surface area contributed by atoms with E-state index in [0.29, 0.717) is 27.7 Å². The molecule has 3 N–H and O–H groups in total. The van der Waals surface area contributed by atoms with Crippen molar-refractivity contribution >= 4 is 38.5 Å². The van der Waals surface area contributed by atoms with Crippen molar-refractivity contribution in [3.8, 4) is 0 Å². The first-order valence-electron chi connectivity index (χ1n) is 6.57. The highest BCUT2D eigenvalue weighted by atomic mass is 35.5. The molecule has 0 heterocycles. The number of anilines is 3. The van der Waals surface area contributed by atoms with E-state index in [2.05, 4.69) is 5.32 Å². The highest BCUT2D eigenvalue weighted by molar-refractivity contribution is 7.91. The molecule has 0 aromatic heterocycles. The molecule has 2 rings (SSSR count). The third-order valence-electron chi connectivity index (χ3n) is 2.96. The van der Waals surface area contributed by atoms with Crippen LogP contribution in [0, 0.1) is 0 Å². The summed E-state index contributed by atoms with van der Waals surface area (Å²) in [4.78, 5) is 0.327. The van der Waals surface area contributed by atoms with E-state index < -0.39 is 9.84 Å². The topological polar surface area (TPSA) is 72.2 Å². The summed E-state index contributed by atoms with van der Waals surface area (Å²) < 4.78 is 23.9. The molecule has 0 radical (unpaired) electrons. The van der Waals surface area contributed by atoms with Crippen LogP contribution < -0.4 is 11.1 Å². The highest BCUT2D eigenvalue weighted by Crippen LogP contribution is 2.28. The Balaban J connectivity index is 2.22. The Morgan fingerprint density at radius 3 is 2.43 bits per heavy atom. The minimum absolute atomic E-state index is 0.154. The van der Waals surface area contributed by atoms with Crippen LogP contribution in [0.15, 0.2) is 47.4 Å². The molecular weight excluding hydrogens is 308 g/mol. The van der Waals surface area contributed by atoms with Crippen molar-refractivity contribution in [2.24, 2.45) is 0 Å². The molecule has 4 nitrogen and oxygen atoms in total. The van der Waals surface area contributed by atoms with Crippen LogP contribution in [0.4, 0.5) is 17.1 Å². The summed E-state index contributed by atoms with van der Waals surface area (Å²) in [5.74, 6) is 0.154. The number of nitrogen functional groups attached to an aromatic ring is 1. The van der Waals surface area contributed by atoms with E-state index in [1.54, 1.807) is 42.5 Å². The Morgan fingerprint density at radius 2 is 1.81 bits per heavy atom. The minimum atomic E-state index is -3.19. The molecule has 2 aromatic rings. The smallest absolute Gasteiger partial charge is 0.178 e. The molecule has 0 fully saturated rings. The van der Waals surface area contributed by atoms with Crippen LogP contribution in [0.2, 0.25) is 5.02 Å². The second kappa shape index (κ2) is 6.37. The maximum absolute atomic E-state index is 11.9. The van der Waals surface area contributed by atoms with E-state index in [1.165, 1.54) is 0 Å². The molecule has 2 aromatic carbocycles. The van der Waals surface area contributed by atoms with Crippen LogP contribution in [0.3, 0.4) is 0 Å². The van der Waals surface area contributed by atoms with Gasteiger partial charge in [0.25, 0.3) is 0 Å². The number of hydrogen-bond donors (Lipinski definition) is 2. The van der Waals surface area contributed by atoms with Gasteiger partial charge in [-0.25, -0.2) is 8.42 Å². The van der Waals surface area contributed by atoms with Crippen molar-refractivity contribution < 1.29 is 8.42 Å². The van der Waals surface area contributed by atoms with Gasteiger partial charge in [0.05, 0.1) is 21.4 Å². The zero-order chi connectivity index (χ0) is 15.5. The van der Waals surface area contributed by atoms with Gasteiger partial charge in [0.1, 0.15) is 0 Å². The molecule has 0 aliphatic heterocycles. The summed E-state index contributed by atoms with van der Waals surface area (Å²) in [6.07, 6.45) is 0.598. The zero-order valence-electron chi connectivity index (χ0n) is 11.6. The average molecular weight is 325 g/mol. The molecule has 0 saturated heterocycles. The summed E-state index contributed by atoms with van der Waals surface area (Å²) in [6, 6.07) is 11.8. The van der Waals surface area contributed by atoms with Crippen LogP contribution in [-0.2, 0) is 9.84 Å². The fourth-order valence-corrected chi connectivity index (χ4v) is 3.42. The van der Waals surface area contributed by atoms with Gasteiger partial charge in [-0.3, -0.25) is 0 Å². The molecule has 0 saturated carbocycles. The number of sulfone groups is 1. The van der Waals surface area contributed by atoms with Gasteiger partial charge < -0.3 is 11.1 Å². The van der Waals surface area contributed by atoms with Gasteiger partial charge >= 0.3 is 0 Å². The molecule has 21 heavy (non-hydrogen) atoms. The van der Waals surface area contributed by atoms with E-state index in [-0.39, 0.29) is 5.75 Å². The monoisotopic (exact) mass is 324 g/mol. The second-order valence-electron chi connectivity index (χ2n) is 4.71. The average Bonchev–Trinajstić information content (AvgIpc) is 2.43. The predicted molar refractivity (Wildman–Crippen MR) is 87.9 cm³/mol. The van der Waals surface area contributed by atoms with Crippen molar-refractivity contribution in [3.05, 3.63) is 47.5 Å². The van der Waals surface area contributed by atoms with Crippen molar-refractivity contribution in [3.63, 3.8) is 0 Å². The van der Waals surface area contributed by atoms with E-state index in [0.717, 1.165) is 5.69 Å². The molecule has 0 spiro atoms. The maximum atomic E-state index is 11.9. The first-order valence-corrected chi connectivity index (χ1v) is 8.60. The molecule has 0 amide bonds. The number of hydrogen-bond acceptors (Lipinski definition) is 4. The van der Waals surface area contributed by atoms with Gasteiger partial charge in [0, 0.05) is 11.4 Å². The summed E-state index contributed by atoms with van der Waals surface area (Å²) in [5.41, 5.74) is 7.75. The summed E-state index contributed by atoms with van der Waals surface area (Å²) in [5, 5.41) is 3.66. The number of rotatable bonds is 5. The van der Waals surface area contributed by atoms with Crippen molar-refractivity contribution in [1.29, 1.82) is 0 Å². The fraction of sp³-hybridized carbons (Fsp3) is 0.200. The Morgan fingerprint density at radius 1 is 1.14 bits per heavy atom. The number of nitrogens with two attached hydrogens (primary N) is 1. The van der Waals surface area contributed by atoms with Crippen LogP contribution in [-0.4, -0.2) is 14.2 Å². The van der Waals surface area contributed by atoms with Gasteiger partial charge in [-0.05, 0) is 48.9 Å². The number of benzene rings is 2. The lowest BCUT2D eigenvalue weighted by Crippen LogP contribution is -2.05. The molecule has 112 valence electrons. The van der Waals surface area contributed by atoms with Crippen LogP contribution in [0.25, 0.3) is 0 Å². The first kappa shape index (κ1) is 15.7. The quantitative estimate of drug-likeness (QED) is 0.819. The Bertz CT molecular complexity index is 728. The van der Waals surface area contributed by atoms with Crippen molar-refractivity contribution in [1.82, 2.24) is 0 Å². The number of halogens is 1. The largest absolute Gasteiger partial charge is 0.399 e. The van der Waals surface area contributed by atoms with Gasteiger partial charge in [0.2, 0.25) is 0 Å². The summed E-state index contributed by atoms with van der Waals surface area (Å²) in [6.45, 7) is 1.84. The van der Waals surface area contributed by atoms with Crippen molar-refractivity contribution in [2.45, 2.75) is 18.2 Å². The van der Waals surface area contributed by atoms with Gasteiger partial charge in [-0.15, -0.1) is 0 Å². The lowest BCUT2D eigenvalue weighted by molar-refractivity contribution is 0.595. The lowest BCUT2D eigenvalue weighted by atomic mass is 10.2. The van der Waals surface area contributed by atoms with E-state index >= 15 is 0 Å². The highest BCUT2D eigenvalue weighted by Gasteiger charge is 2.12. The second-order valence-corrected chi connectivity index (χ2v) is 7.22. The SMILES string of the molecule is CCCS(=O)(=O)c1ccc(Nc2cc(N)ccc2Cl)cc1. The van der Waals surface area contributed by atoms with Crippen molar-refractivity contribution in [2.75, 3.05) is 16.8 Å². The fourth-order valence-electron chi connectivity index (χ4n) is 1.93. The Kier molecular flexibility index (Phi) is 4.75. The van der Waals surface area contributed by atoms with Gasteiger partial charge in [-0.2, -0.15) is 0 Å². The van der Waals surface area contributed by atoms with Gasteiger partial charge in [0.15, 0.2) is 9.84 Å². The predicted octanol–water partition coefficient (Wildman–Crippen LogP) is 3.85. The Hall–Kier alpha value is -1.72. The summed E-state index contributed by atoms with van der Waals surface area (Å²) >= 11 is 6.08. The standard InChI is InChI=1S/C15H17ClN2O2S/c1-2-9-21(19,20)13-6-4-12(5-7-13)18-15-10-11(17)3-8-14(15)16/h3-8,10,18H,2,9,17H2,1H3. The number of nitrogens with one attached hydrogen (secondary N) is 1. The third-order valence-corrected chi connectivity index (χ3v) is 5.22. The lowest BCUT2D eigenvalue weighted by Gasteiger charge is -2.10. The molecule has 0 atom stereocenters. The van der Waals surface area contributed by atoms with Crippen LogP contribution in [0.1, 0.15) is 13.3 Å². The molecular formula is C15H17ClN2O2S. The first-order chi connectivity index (χ1) is 9.92. The summed E-state index contributed by atoms with van der Waals surface area (Å²) in [7, 11) is -3.19. The van der Waals surface area contributed by atoms with E-state index in [4.69, 9.17) is 17.3 Å². The molecule has 0 aliphatic rings. The van der Waals surface area contributed by atoms with E-state index in [1.807, 2.05) is 6.92 Å². The zero-order valence-corrected chi connectivity index (χ0v) is 13.2. The van der Waals surface area contributed by atoms with Crippen LogP contribution >= 0.6 is 11.6 Å². The van der Waals surface area contributed by atoms with E-state index in [9.17, 15) is 8.42 Å². The third kappa shape index (κ3) is 3.89.